The fourth-order valence-corrected chi connectivity index (χ4v) is 2.57. The Morgan fingerprint density at radius 1 is 1.79 bits per heavy atom. The zero-order valence-electron chi connectivity index (χ0n) is 8.53. The normalized spacial score (nSPS) is 27.6. The molecule has 3 atom stereocenters. The summed E-state index contributed by atoms with van der Waals surface area (Å²) >= 11 is 1.57. The summed E-state index contributed by atoms with van der Waals surface area (Å²) in [5.74, 6) is 1.12. The molecule has 0 aliphatic heterocycles. The Morgan fingerprint density at radius 3 is 3.07 bits per heavy atom. The maximum Gasteiger partial charge on any atom is 0.122 e. The quantitative estimate of drug-likeness (QED) is 0.796. The maximum absolute atomic E-state index is 9.94. The Bertz CT molecular complexity index is 313. The first-order chi connectivity index (χ1) is 6.72. The summed E-state index contributed by atoms with van der Waals surface area (Å²) in [6, 6.07) is 0. The van der Waals surface area contributed by atoms with Crippen molar-refractivity contribution in [1.29, 1.82) is 0 Å². The molecule has 2 N–H and O–H groups in total. The topological polar surface area (TPSA) is 45.1 Å². The van der Waals surface area contributed by atoms with Crippen LogP contribution < -0.4 is 5.32 Å². The number of aliphatic hydroxyl groups excluding tert-OH is 1. The van der Waals surface area contributed by atoms with Crippen molar-refractivity contribution in [2.24, 2.45) is 11.8 Å². The lowest BCUT2D eigenvalue weighted by molar-refractivity contribution is 0.147. The molecule has 3 nitrogen and oxygen atoms in total. The van der Waals surface area contributed by atoms with Crippen LogP contribution in [0.3, 0.4) is 0 Å². The smallest absolute Gasteiger partial charge is 0.122 e. The van der Waals surface area contributed by atoms with Gasteiger partial charge in [0.1, 0.15) is 11.1 Å². The minimum absolute atomic E-state index is 0.333. The maximum atomic E-state index is 9.94. The molecule has 0 aromatic carbocycles. The van der Waals surface area contributed by atoms with Crippen LogP contribution in [0.1, 0.15) is 30.2 Å². The van der Waals surface area contributed by atoms with E-state index in [9.17, 15) is 5.11 Å². The van der Waals surface area contributed by atoms with Crippen LogP contribution in [-0.2, 0) is 6.54 Å². The average molecular weight is 212 g/mol. The van der Waals surface area contributed by atoms with Gasteiger partial charge in [-0.2, -0.15) is 0 Å². The van der Waals surface area contributed by atoms with Crippen molar-refractivity contribution in [3.05, 3.63) is 16.1 Å². The molecule has 1 fully saturated rings. The summed E-state index contributed by atoms with van der Waals surface area (Å²) in [6.45, 7) is 2.96. The van der Waals surface area contributed by atoms with Crippen LogP contribution in [0.5, 0.6) is 0 Å². The first kappa shape index (κ1) is 10.1. The number of hydrogen-bond donors (Lipinski definition) is 2. The second-order valence-electron chi connectivity index (χ2n) is 4.03. The highest BCUT2D eigenvalue weighted by Gasteiger charge is 2.40. The van der Waals surface area contributed by atoms with Gasteiger partial charge in [0, 0.05) is 11.9 Å². The first-order valence-electron chi connectivity index (χ1n) is 4.99. The molecule has 78 valence electrons. The predicted molar refractivity (Wildman–Crippen MR) is 57.1 cm³/mol. The highest BCUT2D eigenvalue weighted by molar-refractivity contribution is 7.09. The van der Waals surface area contributed by atoms with Crippen LogP contribution in [0.2, 0.25) is 0 Å². The molecule has 14 heavy (non-hydrogen) atoms. The number of aliphatic hydroxyl groups is 1. The van der Waals surface area contributed by atoms with E-state index in [1.54, 1.807) is 11.3 Å². The van der Waals surface area contributed by atoms with Crippen molar-refractivity contribution >= 4 is 11.3 Å². The van der Waals surface area contributed by atoms with Crippen molar-refractivity contribution in [3.8, 4) is 0 Å². The van der Waals surface area contributed by atoms with E-state index in [4.69, 9.17) is 0 Å². The van der Waals surface area contributed by atoms with Gasteiger partial charge in [0.05, 0.1) is 5.69 Å². The van der Waals surface area contributed by atoms with E-state index in [1.807, 2.05) is 12.4 Å². The molecule has 1 aliphatic rings. The van der Waals surface area contributed by atoms with Crippen molar-refractivity contribution < 1.29 is 5.11 Å². The minimum atomic E-state index is -0.333. The van der Waals surface area contributed by atoms with E-state index >= 15 is 0 Å². The summed E-state index contributed by atoms with van der Waals surface area (Å²) in [5.41, 5.74) is 1.03. The van der Waals surface area contributed by atoms with Crippen molar-refractivity contribution in [1.82, 2.24) is 10.3 Å². The van der Waals surface area contributed by atoms with Gasteiger partial charge in [-0.15, -0.1) is 11.3 Å². The summed E-state index contributed by atoms with van der Waals surface area (Å²) in [6.07, 6.45) is 0.808. The number of hydrogen-bond acceptors (Lipinski definition) is 4. The Balaban J connectivity index is 2.01. The molecular weight excluding hydrogens is 196 g/mol. The molecule has 4 heteroatoms. The van der Waals surface area contributed by atoms with Crippen molar-refractivity contribution in [2.45, 2.75) is 26.0 Å². The monoisotopic (exact) mass is 212 g/mol. The van der Waals surface area contributed by atoms with E-state index in [-0.39, 0.29) is 6.10 Å². The van der Waals surface area contributed by atoms with E-state index in [2.05, 4.69) is 17.2 Å². The van der Waals surface area contributed by atoms with E-state index < -0.39 is 0 Å². The average Bonchev–Trinajstić information content (AvgIpc) is 2.71. The molecule has 1 aromatic rings. The number of aromatic nitrogens is 1. The number of thiazole rings is 1. The summed E-state index contributed by atoms with van der Waals surface area (Å²) < 4.78 is 0. The summed E-state index contributed by atoms with van der Waals surface area (Å²) in [5, 5.41) is 15.9. The van der Waals surface area contributed by atoms with E-state index in [0.29, 0.717) is 11.8 Å². The Labute approximate surface area is 88.2 Å². The highest BCUT2D eigenvalue weighted by Crippen LogP contribution is 2.47. The SMILES string of the molecule is CNCc1csc(C(O)C2CC2C)n1. The standard InChI is InChI=1S/C10H16N2OS/c1-6-3-8(6)9(13)10-12-7(4-11-2)5-14-10/h5-6,8-9,11,13H,3-4H2,1-2H3. The zero-order valence-corrected chi connectivity index (χ0v) is 9.34. The molecule has 0 spiro atoms. The fraction of sp³-hybridized carbons (Fsp3) is 0.700. The van der Waals surface area contributed by atoms with Gasteiger partial charge in [0.25, 0.3) is 0 Å². The van der Waals surface area contributed by atoms with Gasteiger partial charge >= 0.3 is 0 Å². The Kier molecular flexibility index (Phi) is 2.85. The molecule has 0 amide bonds. The molecule has 0 bridgehead atoms. The second kappa shape index (κ2) is 3.96. The third kappa shape index (κ3) is 1.97. The number of nitrogens with one attached hydrogen (secondary N) is 1. The van der Waals surface area contributed by atoms with E-state index in [0.717, 1.165) is 23.7 Å². The highest BCUT2D eigenvalue weighted by atomic mass is 32.1. The van der Waals surface area contributed by atoms with Gasteiger partial charge in [0.15, 0.2) is 0 Å². The van der Waals surface area contributed by atoms with Crippen LogP contribution in [0.25, 0.3) is 0 Å². The number of rotatable bonds is 4. The molecular formula is C10H16N2OS. The molecule has 0 radical (unpaired) electrons. The molecule has 0 saturated heterocycles. The zero-order chi connectivity index (χ0) is 10.1. The first-order valence-corrected chi connectivity index (χ1v) is 5.87. The second-order valence-corrected chi connectivity index (χ2v) is 4.92. The lowest BCUT2D eigenvalue weighted by atomic mass is 10.2. The lowest BCUT2D eigenvalue weighted by Gasteiger charge is -2.04. The van der Waals surface area contributed by atoms with Gasteiger partial charge in [-0.3, -0.25) is 0 Å². The van der Waals surface area contributed by atoms with Gasteiger partial charge in [-0.1, -0.05) is 6.92 Å². The predicted octanol–water partition coefficient (Wildman–Crippen LogP) is 1.55. The van der Waals surface area contributed by atoms with Gasteiger partial charge in [-0.25, -0.2) is 4.98 Å². The molecule has 2 rings (SSSR count). The van der Waals surface area contributed by atoms with Crippen LogP contribution >= 0.6 is 11.3 Å². The molecule has 1 aliphatic carbocycles. The van der Waals surface area contributed by atoms with Gasteiger partial charge < -0.3 is 10.4 Å². The van der Waals surface area contributed by atoms with Gasteiger partial charge in [-0.05, 0) is 25.3 Å². The molecule has 1 saturated carbocycles. The molecule has 1 aromatic heterocycles. The third-order valence-corrected chi connectivity index (χ3v) is 3.72. The molecule has 3 unspecified atom stereocenters. The largest absolute Gasteiger partial charge is 0.386 e. The van der Waals surface area contributed by atoms with Crippen LogP contribution in [0.4, 0.5) is 0 Å². The number of nitrogens with zero attached hydrogens (tertiary/aromatic N) is 1. The van der Waals surface area contributed by atoms with Crippen LogP contribution in [-0.4, -0.2) is 17.1 Å². The van der Waals surface area contributed by atoms with Crippen LogP contribution in [0, 0.1) is 11.8 Å². The molecule has 1 heterocycles. The van der Waals surface area contributed by atoms with Crippen molar-refractivity contribution in [2.75, 3.05) is 7.05 Å². The lowest BCUT2D eigenvalue weighted by Crippen LogP contribution is -2.06. The Morgan fingerprint density at radius 2 is 2.50 bits per heavy atom. The van der Waals surface area contributed by atoms with Crippen LogP contribution in [0.15, 0.2) is 5.38 Å². The van der Waals surface area contributed by atoms with Crippen molar-refractivity contribution in [3.63, 3.8) is 0 Å². The minimum Gasteiger partial charge on any atom is -0.386 e. The van der Waals surface area contributed by atoms with Gasteiger partial charge in [0.2, 0.25) is 0 Å². The van der Waals surface area contributed by atoms with E-state index in [1.165, 1.54) is 0 Å². The third-order valence-electron chi connectivity index (χ3n) is 2.76. The summed E-state index contributed by atoms with van der Waals surface area (Å²) in [7, 11) is 1.90. The Hall–Kier alpha value is -0.450. The summed E-state index contributed by atoms with van der Waals surface area (Å²) in [4.78, 5) is 4.40. The fourth-order valence-electron chi connectivity index (χ4n) is 1.69.